The van der Waals surface area contributed by atoms with Gasteiger partial charge in [0.1, 0.15) is 11.9 Å². The number of urea groups is 1. The van der Waals surface area contributed by atoms with Crippen LogP contribution in [0.2, 0.25) is 0 Å². The highest BCUT2D eigenvalue weighted by molar-refractivity contribution is 5.83. The Kier molecular flexibility index (Phi) is 3.47. The van der Waals surface area contributed by atoms with Crippen LogP contribution in [-0.4, -0.2) is 55.8 Å². The molecule has 0 aromatic carbocycles. The van der Waals surface area contributed by atoms with Gasteiger partial charge < -0.3 is 25.4 Å². The van der Waals surface area contributed by atoms with Crippen molar-refractivity contribution >= 4 is 12.0 Å². The average molecular weight is 254 g/mol. The molecule has 98 valence electrons. The number of aliphatic hydroxyl groups is 1. The van der Waals surface area contributed by atoms with E-state index in [1.807, 2.05) is 0 Å². The smallest absolute Gasteiger partial charge is 0.326 e. The zero-order valence-corrected chi connectivity index (χ0v) is 9.54. The Morgan fingerprint density at radius 1 is 1.61 bits per heavy atom. The second-order valence-electron chi connectivity index (χ2n) is 4.09. The molecule has 18 heavy (non-hydrogen) atoms. The van der Waals surface area contributed by atoms with E-state index in [0.717, 1.165) is 4.90 Å². The summed E-state index contributed by atoms with van der Waals surface area (Å²) in [5, 5.41) is 20.9. The van der Waals surface area contributed by atoms with Gasteiger partial charge in [0.05, 0.1) is 12.6 Å². The number of rotatable bonds is 3. The number of hydrogen-bond donors (Lipinski definition) is 4. The molecule has 2 atom stereocenters. The van der Waals surface area contributed by atoms with Gasteiger partial charge in [0, 0.05) is 25.4 Å². The van der Waals surface area contributed by atoms with Crippen LogP contribution < -0.4 is 5.32 Å². The van der Waals surface area contributed by atoms with Crippen LogP contribution in [0.15, 0.2) is 12.4 Å². The minimum Gasteiger partial charge on any atom is -0.480 e. The van der Waals surface area contributed by atoms with E-state index in [2.05, 4.69) is 15.3 Å². The number of likely N-dealkylation sites (tertiary alicyclic amines) is 1. The van der Waals surface area contributed by atoms with Crippen molar-refractivity contribution in [1.29, 1.82) is 0 Å². The summed E-state index contributed by atoms with van der Waals surface area (Å²) in [7, 11) is 0. The fraction of sp³-hybridized carbons (Fsp3) is 0.500. The quantitative estimate of drug-likeness (QED) is 0.559. The van der Waals surface area contributed by atoms with E-state index in [4.69, 9.17) is 5.11 Å². The van der Waals surface area contributed by atoms with E-state index in [-0.39, 0.29) is 19.5 Å². The van der Waals surface area contributed by atoms with Crippen LogP contribution in [0, 0.1) is 0 Å². The summed E-state index contributed by atoms with van der Waals surface area (Å²) in [6.45, 7) is 0.214. The second kappa shape index (κ2) is 5.05. The summed E-state index contributed by atoms with van der Waals surface area (Å²) < 4.78 is 0. The number of H-pyrrole nitrogens is 1. The first-order valence-corrected chi connectivity index (χ1v) is 5.51. The molecule has 2 heterocycles. The lowest BCUT2D eigenvalue weighted by Crippen LogP contribution is -2.46. The molecule has 1 aliphatic heterocycles. The third-order valence-electron chi connectivity index (χ3n) is 2.79. The number of nitrogens with one attached hydrogen (secondary N) is 2. The summed E-state index contributed by atoms with van der Waals surface area (Å²) in [4.78, 5) is 30.6. The number of aliphatic carboxylic acids is 1. The Morgan fingerprint density at radius 3 is 3.00 bits per heavy atom. The molecule has 0 unspecified atom stereocenters. The van der Waals surface area contributed by atoms with Gasteiger partial charge in [0.2, 0.25) is 0 Å². The van der Waals surface area contributed by atoms with Crippen LogP contribution in [0.4, 0.5) is 4.79 Å². The normalized spacial score (nSPS) is 23.1. The molecule has 2 amide bonds. The zero-order chi connectivity index (χ0) is 13.1. The summed E-state index contributed by atoms with van der Waals surface area (Å²) in [6.07, 6.45) is 2.45. The molecule has 1 fully saturated rings. The van der Waals surface area contributed by atoms with E-state index in [1.165, 1.54) is 0 Å². The van der Waals surface area contributed by atoms with Gasteiger partial charge in [0.15, 0.2) is 0 Å². The number of aromatic amines is 1. The summed E-state index contributed by atoms with van der Waals surface area (Å²) >= 11 is 0. The molecule has 8 heteroatoms. The lowest BCUT2D eigenvalue weighted by atomic mass is 10.2. The van der Waals surface area contributed by atoms with Crippen molar-refractivity contribution in [3.8, 4) is 0 Å². The number of amides is 2. The Labute approximate surface area is 103 Å². The molecule has 0 bridgehead atoms. The van der Waals surface area contributed by atoms with E-state index in [9.17, 15) is 14.7 Å². The van der Waals surface area contributed by atoms with Crippen LogP contribution in [0.3, 0.4) is 0 Å². The van der Waals surface area contributed by atoms with E-state index in [0.29, 0.717) is 5.82 Å². The number of β-amino-alcohol motifs (C(OH)–C–C–N with tert-alkyl or cyclic N) is 1. The van der Waals surface area contributed by atoms with Gasteiger partial charge in [-0.3, -0.25) is 0 Å². The number of aliphatic hydroxyl groups excluding tert-OH is 1. The number of carbonyl (C=O) groups is 2. The minimum atomic E-state index is -1.11. The third kappa shape index (κ3) is 2.59. The topological polar surface area (TPSA) is 119 Å². The van der Waals surface area contributed by atoms with Crippen LogP contribution >= 0.6 is 0 Å². The largest absolute Gasteiger partial charge is 0.480 e. The van der Waals surface area contributed by atoms with Crippen molar-refractivity contribution in [2.45, 2.75) is 25.1 Å². The second-order valence-corrected chi connectivity index (χ2v) is 4.09. The monoisotopic (exact) mass is 254 g/mol. The molecule has 2 rings (SSSR count). The summed E-state index contributed by atoms with van der Waals surface area (Å²) in [5.41, 5.74) is 0. The predicted octanol–water partition coefficient (Wildman–Crippen LogP) is -0.861. The molecule has 1 aromatic heterocycles. The van der Waals surface area contributed by atoms with Crippen LogP contribution in [-0.2, 0) is 11.3 Å². The molecule has 0 aliphatic carbocycles. The van der Waals surface area contributed by atoms with Crippen molar-refractivity contribution in [2.75, 3.05) is 6.54 Å². The molecule has 4 N–H and O–H groups in total. The fourth-order valence-corrected chi connectivity index (χ4v) is 1.93. The number of carboxylic acid groups (broad SMARTS) is 1. The van der Waals surface area contributed by atoms with Crippen molar-refractivity contribution in [2.24, 2.45) is 0 Å². The first-order chi connectivity index (χ1) is 8.58. The van der Waals surface area contributed by atoms with Gasteiger partial charge in [-0.25, -0.2) is 14.6 Å². The Hall–Kier alpha value is -2.09. The van der Waals surface area contributed by atoms with E-state index >= 15 is 0 Å². The average Bonchev–Trinajstić information content (AvgIpc) is 2.94. The highest BCUT2D eigenvalue weighted by Crippen LogP contribution is 2.18. The van der Waals surface area contributed by atoms with E-state index < -0.39 is 24.1 Å². The van der Waals surface area contributed by atoms with Crippen molar-refractivity contribution in [3.63, 3.8) is 0 Å². The molecule has 8 nitrogen and oxygen atoms in total. The number of imidazole rings is 1. The standard InChI is InChI=1S/C10H14N4O4/c15-6-3-7(9(16)17)14(5-6)10(18)13-4-8-11-1-2-12-8/h1-2,6-7,15H,3-5H2,(H,11,12)(H,13,18)(H,16,17)/t6-,7-/m1/s1. The number of nitrogens with zero attached hydrogens (tertiary/aromatic N) is 2. The van der Waals surface area contributed by atoms with E-state index in [1.54, 1.807) is 12.4 Å². The fourth-order valence-electron chi connectivity index (χ4n) is 1.93. The Morgan fingerprint density at radius 2 is 2.39 bits per heavy atom. The zero-order valence-electron chi connectivity index (χ0n) is 9.54. The van der Waals surface area contributed by atoms with Gasteiger partial charge in [-0.05, 0) is 0 Å². The lowest BCUT2D eigenvalue weighted by molar-refractivity contribution is -0.141. The number of carboxylic acids is 1. The van der Waals surface area contributed by atoms with Gasteiger partial charge in [-0.1, -0.05) is 0 Å². The minimum absolute atomic E-state index is 0.0287. The van der Waals surface area contributed by atoms with Crippen molar-refractivity contribution in [1.82, 2.24) is 20.2 Å². The highest BCUT2D eigenvalue weighted by Gasteiger charge is 2.38. The molecule has 1 aliphatic rings. The molecule has 0 radical (unpaired) electrons. The molecule has 0 spiro atoms. The maximum Gasteiger partial charge on any atom is 0.326 e. The van der Waals surface area contributed by atoms with Crippen LogP contribution in [0.1, 0.15) is 12.2 Å². The first kappa shape index (κ1) is 12.4. The van der Waals surface area contributed by atoms with Crippen molar-refractivity contribution in [3.05, 3.63) is 18.2 Å². The van der Waals surface area contributed by atoms with Gasteiger partial charge >= 0.3 is 12.0 Å². The maximum absolute atomic E-state index is 11.8. The lowest BCUT2D eigenvalue weighted by Gasteiger charge is -2.21. The molecular formula is C10H14N4O4. The van der Waals surface area contributed by atoms with Crippen molar-refractivity contribution < 1.29 is 19.8 Å². The van der Waals surface area contributed by atoms with Gasteiger partial charge in [0.25, 0.3) is 0 Å². The molecule has 0 saturated carbocycles. The SMILES string of the molecule is O=C(O)[C@H]1C[C@@H](O)CN1C(=O)NCc1ncc[nH]1. The van der Waals surface area contributed by atoms with Crippen LogP contribution in [0.5, 0.6) is 0 Å². The number of aromatic nitrogens is 2. The molecule has 1 aromatic rings. The Bertz CT molecular complexity index is 433. The summed E-state index contributed by atoms with van der Waals surface area (Å²) in [6, 6.07) is -1.49. The third-order valence-corrected chi connectivity index (χ3v) is 2.79. The van der Waals surface area contributed by atoms with Gasteiger partial charge in [-0.2, -0.15) is 0 Å². The number of hydrogen-bond acceptors (Lipinski definition) is 4. The summed E-state index contributed by atoms with van der Waals surface area (Å²) in [5.74, 6) is -0.533. The first-order valence-electron chi connectivity index (χ1n) is 5.51. The van der Waals surface area contributed by atoms with Crippen LogP contribution in [0.25, 0.3) is 0 Å². The Balaban J connectivity index is 1.93. The number of carbonyl (C=O) groups excluding carboxylic acids is 1. The molecular weight excluding hydrogens is 240 g/mol. The molecule has 1 saturated heterocycles. The maximum atomic E-state index is 11.8. The predicted molar refractivity (Wildman–Crippen MR) is 59.6 cm³/mol. The highest BCUT2D eigenvalue weighted by atomic mass is 16.4. The van der Waals surface area contributed by atoms with Gasteiger partial charge in [-0.15, -0.1) is 0 Å².